The molecule has 0 atom stereocenters. The van der Waals surface area contributed by atoms with Crippen LogP contribution in [0.25, 0.3) is 0 Å². The number of thioether (sulfide) groups is 1. The Morgan fingerprint density at radius 1 is 1.40 bits per heavy atom. The average molecular weight is 314 g/mol. The highest BCUT2D eigenvalue weighted by molar-refractivity contribution is 8.00. The number of nitriles is 1. The van der Waals surface area contributed by atoms with E-state index in [4.69, 9.17) is 0 Å². The van der Waals surface area contributed by atoms with Crippen LogP contribution >= 0.6 is 11.8 Å². The van der Waals surface area contributed by atoms with E-state index in [1.165, 1.54) is 16.1 Å². The Morgan fingerprint density at radius 2 is 2.00 bits per heavy atom. The fraction of sp³-hybridized carbons (Fsp3) is 0.667. The first kappa shape index (κ1) is 15.4. The van der Waals surface area contributed by atoms with E-state index in [1.54, 1.807) is 13.8 Å². The molecule has 2 heterocycles. The Morgan fingerprint density at radius 3 is 2.40 bits per heavy atom. The van der Waals surface area contributed by atoms with Gasteiger partial charge in [0.15, 0.2) is 0 Å². The first-order valence-electron chi connectivity index (χ1n) is 6.34. The molecule has 0 aromatic carbocycles. The number of piperidine rings is 1. The van der Waals surface area contributed by atoms with Crippen molar-refractivity contribution in [2.45, 2.75) is 36.3 Å². The fourth-order valence-corrected chi connectivity index (χ4v) is 4.95. The predicted molar refractivity (Wildman–Crippen MR) is 77.9 cm³/mol. The SMILES string of the molecule is CSC1(C#N)CCN(S(=O)(=O)c2c(C)n[nH]c2C)CC1. The summed E-state index contributed by atoms with van der Waals surface area (Å²) in [5, 5.41) is 15.9. The van der Waals surface area contributed by atoms with Gasteiger partial charge in [-0.2, -0.15) is 14.7 Å². The molecule has 6 nitrogen and oxygen atoms in total. The molecule has 2 rings (SSSR count). The third-order valence-corrected chi connectivity index (χ3v) is 7.23. The summed E-state index contributed by atoms with van der Waals surface area (Å²) in [5.41, 5.74) is 1.05. The van der Waals surface area contributed by atoms with Crippen molar-refractivity contribution in [1.29, 1.82) is 5.26 Å². The minimum Gasteiger partial charge on any atom is -0.281 e. The molecule has 1 aliphatic heterocycles. The van der Waals surface area contributed by atoms with E-state index in [0.717, 1.165) is 0 Å². The molecule has 110 valence electrons. The Bertz CT molecular complexity index is 617. The summed E-state index contributed by atoms with van der Waals surface area (Å²) in [7, 11) is -3.53. The van der Waals surface area contributed by atoms with Crippen LogP contribution in [0.4, 0.5) is 0 Å². The second-order valence-corrected chi connectivity index (χ2v) is 8.04. The Hall–Kier alpha value is -1.04. The van der Waals surface area contributed by atoms with Gasteiger partial charge in [-0.25, -0.2) is 8.42 Å². The monoisotopic (exact) mass is 314 g/mol. The molecule has 1 aromatic heterocycles. The van der Waals surface area contributed by atoms with Gasteiger partial charge in [-0.15, -0.1) is 11.8 Å². The molecule has 0 saturated carbocycles. The zero-order chi connectivity index (χ0) is 15.0. The number of sulfonamides is 1. The lowest BCUT2D eigenvalue weighted by Gasteiger charge is -2.35. The summed E-state index contributed by atoms with van der Waals surface area (Å²) < 4.78 is 26.3. The van der Waals surface area contributed by atoms with Crippen LogP contribution in [0.1, 0.15) is 24.2 Å². The van der Waals surface area contributed by atoms with Gasteiger partial charge >= 0.3 is 0 Å². The third kappa shape index (κ3) is 2.45. The summed E-state index contributed by atoms with van der Waals surface area (Å²) in [6, 6.07) is 2.32. The van der Waals surface area contributed by atoms with Crippen LogP contribution in [0, 0.1) is 25.2 Å². The molecule has 0 amide bonds. The number of hydrogen-bond donors (Lipinski definition) is 1. The number of aromatic nitrogens is 2. The molecular formula is C12H18N4O2S2. The molecule has 0 radical (unpaired) electrons. The number of H-pyrrole nitrogens is 1. The van der Waals surface area contributed by atoms with E-state index < -0.39 is 14.8 Å². The minimum absolute atomic E-state index is 0.270. The number of nitrogens with one attached hydrogen (secondary N) is 1. The van der Waals surface area contributed by atoms with Crippen LogP contribution in [0.5, 0.6) is 0 Å². The lowest BCUT2D eigenvalue weighted by atomic mass is 9.99. The molecule has 1 N–H and O–H groups in total. The van der Waals surface area contributed by atoms with Crippen LogP contribution in [0.15, 0.2) is 4.90 Å². The molecule has 20 heavy (non-hydrogen) atoms. The van der Waals surface area contributed by atoms with Crippen molar-refractivity contribution < 1.29 is 8.42 Å². The third-order valence-electron chi connectivity index (χ3n) is 3.78. The zero-order valence-electron chi connectivity index (χ0n) is 11.8. The number of nitrogens with zero attached hydrogens (tertiary/aromatic N) is 3. The summed E-state index contributed by atoms with van der Waals surface area (Å²) in [6.07, 6.45) is 3.01. The summed E-state index contributed by atoms with van der Waals surface area (Å²) >= 11 is 1.51. The summed E-state index contributed by atoms with van der Waals surface area (Å²) in [5.74, 6) is 0. The van der Waals surface area contributed by atoms with Crippen molar-refractivity contribution in [2.24, 2.45) is 0 Å². The van der Waals surface area contributed by atoms with Gasteiger partial charge in [0.25, 0.3) is 0 Å². The molecule has 1 saturated heterocycles. The maximum atomic E-state index is 12.7. The van der Waals surface area contributed by atoms with Gasteiger partial charge < -0.3 is 0 Å². The van der Waals surface area contributed by atoms with Gasteiger partial charge in [0.2, 0.25) is 10.0 Å². The maximum absolute atomic E-state index is 12.7. The highest BCUT2D eigenvalue weighted by Gasteiger charge is 2.39. The van der Waals surface area contributed by atoms with E-state index >= 15 is 0 Å². The Balaban J connectivity index is 2.25. The first-order chi connectivity index (χ1) is 9.36. The van der Waals surface area contributed by atoms with E-state index in [0.29, 0.717) is 37.3 Å². The Kier molecular flexibility index (Phi) is 4.14. The smallest absolute Gasteiger partial charge is 0.246 e. The highest BCUT2D eigenvalue weighted by Crippen LogP contribution is 2.36. The molecule has 0 aliphatic carbocycles. The lowest BCUT2D eigenvalue weighted by molar-refractivity contribution is 0.327. The zero-order valence-corrected chi connectivity index (χ0v) is 13.4. The maximum Gasteiger partial charge on any atom is 0.246 e. The van der Waals surface area contributed by atoms with Crippen LogP contribution < -0.4 is 0 Å². The normalized spacial score (nSPS) is 19.7. The summed E-state index contributed by atoms with van der Waals surface area (Å²) in [6.45, 7) is 4.14. The van der Waals surface area contributed by atoms with Gasteiger partial charge in [0, 0.05) is 13.1 Å². The fourth-order valence-electron chi connectivity index (χ4n) is 2.50. The van der Waals surface area contributed by atoms with E-state index in [1.807, 2.05) is 6.26 Å². The van der Waals surface area contributed by atoms with Gasteiger partial charge in [-0.1, -0.05) is 0 Å². The predicted octanol–water partition coefficient (Wildman–Crippen LogP) is 1.44. The second-order valence-electron chi connectivity index (χ2n) is 4.98. The number of aryl methyl sites for hydroxylation is 2. The molecule has 0 spiro atoms. The van der Waals surface area contributed by atoms with Crippen LogP contribution in [-0.4, -0.2) is 47.0 Å². The van der Waals surface area contributed by atoms with E-state index in [2.05, 4.69) is 16.3 Å². The average Bonchev–Trinajstić information content (AvgIpc) is 2.78. The van der Waals surface area contributed by atoms with Crippen molar-refractivity contribution in [1.82, 2.24) is 14.5 Å². The van der Waals surface area contributed by atoms with Crippen LogP contribution in [0.2, 0.25) is 0 Å². The van der Waals surface area contributed by atoms with E-state index in [-0.39, 0.29) is 4.90 Å². The quantitative estimate of drug-likeness (QED) is 0.911. The largest absolute Gasteiger partial charge is 0.281 e. The lowest BCUT2D eigenvalue weighted by Crippen LogP contribution is -2.44. The minimum atomic E-state index is -3.53. The molecule has 8 heteroatoms. The molecule has 1 fully saturated rings. The number of rotatable bonds is 3. The van der Waals surface area contributed by atoms with Crippen molar-refractivity contribution in [3.05, 3.63) is 11.4 Å². The van der Waals surface area contributed by atoms with Gasteiger partial charge in [0.05, 0.1) is 17.5 Å². The van der Waals surface area contributed by atoms with Crippen molar-refractivity contribution >= 4 is 21.8 Å². The summed E-state index contributed by atoms with van der Waals surface area (Å²) in [4.78, 5) is 0.270. The molecule has 0 unspecified atom stereocenters. The topological polar surface area (TPSA) is 89.8 Å². The van der Waals surface area contributed by atoms with Crippen LogP contribution in [0.3, 0.4) is 0 Å². The molecule has 1 aliphatic rings. The molecule has 0 bridgehead atoms. The standard InChI is InChI=1S/C12H18N4O2S2/c1-9-11(10(2)15-14-9)20(17,18)16-6-4-12(8-13,19-3)5-7-16/h4-7H2,1-3H3,(H,14,15). The van der Waals surface area contributed by atoms with Crippen molar-refractivity contribution in [2.75, 3.05) is 19.3 Å². The number of hydrogen-bond acceptors (Lipinski definition) is 5. The van der Waals surface area contributed by atoms with Gasteiger partial charge in [-0.05, 0) is 32.9 Å². The second kappa shape index (κ2) is 5.39. The van der Waals surface area contributed by atoms with Crippen molar-refractivity contribution in [3.8, 4) is 6.07 Å². The molecule has 1 aromatic rings. The Labute approximate surface area is 123 Å². The number of aromatic amines is 1. The highest BCUT2D eigenvalue weighted by atomic mass is 32.2. The van der Waals surface area contributed by atoms with E-state index in [9.17, 15) is 13.7 Å². The van der Waals surface area contributed by atoms with Gasteiger partial charge in [-0.3, -0.25) is 5.10 Å². The van der Waals surface area contributed by atoms with Crippen molar-refractivity contribution in [3.63, 3.8) is 0 Å². The van der Waals surface area contributed by atoms with Gasteiger partial charge in [0.1, 0.15) is 9.64 Å². The molecular weight excluding hydrogens is 296 g/mol. The first-order valence-corrected chi connectivity index (χ1v) is 9.01. The van der Waals surface area contributed by atoms with Crippen LogP contribution in [-0.2, 0) is 10.0 Å².